The number of H-pyrrole nitrogens is 1. The molecule has 0 atom stereocenters. The van der Waals surface area contributed by atoms with Gasteiger partial charge in [0.15, 0.2) is 5.03 Å². The summed E-state index contributed by atoms with van der Waals surface area (Å²) in [7, 11) is -4.12. The number of sulfonamides is 1. The van der Waals surface area contributed by atoms with Gasteiger partial charge in [-0.2, -0.15) is 13.5 Å². The molecule has 3 aromatic rings. The van der Waals surface area contributed by atoms with E-state index in [-0.39, 0.29) is 21.9 Å². The lowest BCUT2D eigenvalue weighted by Gasteiger charge is -2.18. The number of pyridine rings is 1. The van der Waals surface area contributed by atoms with E-state index in [1.165, 1.54) is 30.5 Å². The Morgan fingerprint density at radius 2 is 1.92 bits per heavy atom. The molecule has 36 heavy (non-hydrogen) atoms. The lowest BCUT2D eigenvalue weighted by Crippen LogP contribution is -2.31. The third-order valence-corrected chi connectivity index (χ3v) is 6.56. The summed E-state index contributed by atoms with van der Waals surface area (Å²) in [6.45, 7) is 10.8. The van der Waals surface area contributed by atoms with Crippen molar-refractivity contribution in [2.24, 2.45) is 11.3 Å². The van der Waals surface area contributed by atoms with Crippen LogP contribution in [0.2, 0.25) is 0 Å². The Balaban J connectivity index is 1.95. The van der Waals surface area contributed by atoms with E-state index in [9.17, 15) is 17.6 Å². The number of aryl methyl sites for hydroxylation is 1. The Bertz CT molecular complexity index is 1300. The number of nitrogens with zero attached hydrogens (tertiary/aromatic N) is 2. The summed E-state index contributed by atoms with van der Waals surface area (Å²) < 4.78 is 47.2. The molecule has 0 unspecified atom stereocenters. The van der Waals surface area contributed by atoms with Crippen molar-refractivity contribution in [1.82, 2.24) is 19.9 Å². The van der Waals surface area contributed by atoms with Crippen molar-refractivity contribution >= 4 is 15.9 Å². The van der Waals surface area contributed by atoms with E-state index >= 15 is 0 Å². The number of ether oxygens (including phenoxy) is 1. The lowest BCUT2D eigenvalue weighted by atomic mass is 9.89. The molecule has 2 N–H and O–H groups in total. The molecule has 10 heteroatoms. The predicted octanol–water partition coefficient (Wildman–Crippen LogP) is 5.13. The third kappa shape index (κ3) is 7.61. The number of aromatic nitrogens is 3. The lowest BCUT2D eigenvalue weighted by molar-refractivity contribution is 0.0980. The van der Waals surface area contributed by atoms with Crippen LogP contribution < -0.4 is 9.46 Å². The molecule has 0 aliphatic heterocycles. The van der Waals surface area contributed by atoms with Crippen LogP contribution in [0.15, 0.2) is 47.6 Å². The minimum atomic E-state index is -4.12. The number of amides is 1. The number of rotatable bonds is 10. The van der Waals surface area contributed by atoms with Gasteiger partial charge in [0.25, 0.3) is 15.9 Å². The van der Waals surface area contributed by atoms with Crippen LogP contribution in [0.1, 0.15) is 63.5 Å². The fourth-order valence-corrected chi connectivity index (χ4v) is 4.40. The van der Waals surface area contributed by atoms with Crippen LogP contribution in [-0.2, 0) is 16.4 Å². The van der Waals surface area contributed by atoms with Gasteiger partial charge in [0.1, 0.15) is 11.6 Å². The summed E-state index contributed by atoms with van der Waals surface area (Å²) in [5.74, 6) is -0.591. The van der Waals surface area contributed by atoms with Gasteiger partial charge in [-0.3, -0.25) is 14.9 Å². The smallest absolute Gasteiger partial charge is 0.281 e. The molecule has 2 aromatic heterocycles. The highest BCUT2D eigenvalue weighted by Crippen LogP contribution is 2.28. The first-order chi connectivity index (χ1) is 16.8. The van der Waals surface area contributed by atoms with Crippen molar-refractivity contribution in [3.05, 3.63) is 59.7 Å². The second kappa shape index (κ2) is 11.2. The van der Waals surface area contributed by atoms with Gasteiger partial charge in [-0.05, 0) is 60.9 Å². The first-order valence-electron chi connectivity index (χ1n) is 11.8. The van der Waals surface area contributed by atoms with Crippen molar-refractivity contribution in [3.8, 4) is 17.0 Å². The van der Waals surface area contributed by atoms with E-state index in [1.807, 2.05) is 13.8 Å². The number of hydrogen-bond donors (Lipinski definition) is 2. The van der Waals surface area contributed by atoms with E-state index in [0.717, 1.165) is 12.8 Å². The van der Waals surface area contributed by atoms with Crippen molar-refractivity contribution in [3.63, 3.8) is 0 Å². The van der Waals surface area contributed by atoms with Gasteiger partial charge in [-0.15, -0.1) is 0 Å². The summed E-state index contributed by atoms with van der Waals surface area (Å²) in [6, 6.07) is 8.72. The largest absolute Gasteiger partial charge is 0.493 e. The molecule has 3 rings (SSSR count). The summed E-state index contributed by atoms with van der Waals surface area (Å²) in [4.78, 5) is 17.7. The van der Waals surface area contributed by atoms with Gasteiger partial charge in [0.2, 0.25) is 0 Å². The maximum absolute atomic E-state index is 14.4. The summed E-state index contributed by atoms with van der Waals surface area (Å²) in [5.41, 5.74) is 1.62. The van der Waals surface area contributed by atoms with E-state index in [0.29, 0.717) is 35.7 Å². The van der Waals surface area contributed by atoms with Crippen LogP contribution in [0.3, 0.4) is 0 Å². The van der Waals surface area contributed by atoms with E-state index in [4.69, 9.17) is 4.74 Å². The fraction of sp³-hybridized carbons (Fsp3) is 0.423. The molecule has 0 fully saturated rings. The zero-order valence-electron chi connectivity index (χ0n) is 21.3. The Labute approximate surface area is 211 Å². The van der Waals surface area contributed by atoms with Crippen LogP contribution in [0.4, 0.5) is 4.39 Å². The van der Waals surface area contributed by atoms with Gasteiger partial charge in [0, 0.05) is 11.6 Å². The van der Waals surface area contributed by atoms with Gasteiger partial charge >= 0.3 is 0 Å². The first kappa shape index (κ1) is 27.3. The van der Waals surface area contributed by atoms with Gasteiger partial charge < -0.3 is 4.74 Å². The van der Waals surface area contributed by atoms with E-state index < -0.39 is 21.7 Å². The monoisotopic (exact) mass is 516 g/mol. The summed E-state index contributed by atoms with van der Waals surface area (Å²) in [6.07, 6.45) is 3.34. The van der Waals surface area contributed by atoms with Gasteiger partial charge in [0.05, 0.1) is 29.8 Å². The Kier molecular flexibility index (Phi) is 8.50. The van der Waals surface area contributed by atoms with Crippen molar-refractivity contribution in [1.29, 1.82) is 0 Å². The quantitative estimate of drug-likeness (QED) is 0.386. The second-order valence-corrected chi connectivity index (χ2v) is 12.0. The van der Waals surface area contributed by atoms with Crippen molar-refractivity contribution in [2.75, 3.05) is 6.61 Å². The Hall–Kier alpha value is -3.27. The van der Waals surface area contributed by atoms with Crippen LogP contribution >= 0.6 is 0 Å². The van der Waals surface area contributed by atoms with Crippen molar-refractivity contribution < 1.29 is 22.3 Å². The summed E-state index contributed by atoms with van der Waals surface area (Å²) >= 11 is 0. The molecule has 0 aliphatic carbocycles. The molecular formula is C26H33FN4O4S. The first-order valence-corrected chi connectivity index (χ1v) is 13.3. The standard InChI is InChI=1S/C26H33FN4O4S/c1-17(2)16-35-20-14-18(13-19(27)15-20)22-9-8-21(23(29-22)7-6-11-26(3,4)5)25(32)31-36(33,34)24-10-12-28-30-24/h8-10,12-15,17H,6-7,11,16H2,1-5H3,(H,28,30)(H,31,32). The Morgan fingerprint density at radius 3 is 2.56 bits per heavy atom. The number of aromatic amines is 1. The maximum atomic E-state index is 14.4. The number of benzene rings is 1. The molecule has 2 heterocycles. The predicted molar refractivity (Wildman–Crippen MR) is 136 cm³/mol. The minimum Gasteiger partial charge on any atom is -0.493 e. The SMILES string of the molecule is CC(C)COc1cc(F)cc(-c2ccc(C(=O)NS(=O)(=O)c3ccn[nH]3)c(CCCC(C)(C)C)n2)c1. The number of halogens is 1. The molecule has 8 nitrogen and oxygen atoms in total. The molecule has 0 spiro atoms. The molecule has 0 radical (unpaired) electrons. The second-order valence-electron chi connectivity index (χ2n) is 10.3. The topological polar surface area (TPSA) is 114 Å². The number of hydrogen-bond acceptors (Lipinski definition) is 6. The highest BCUT2D eigenvalue weighted by molar-refractivity contribution is 7.90. The minimum absolute atomic E-state index is 0.0786. The van der Waals surface area contributed by atoms with Crippen LogP contribution in [-0.4, -0.2) is 36.1 Å². The highest BCUT2D eigenvalue weighted by Gasteiger charge is 2.23. The van der Waals surface area contributed by atoms with Crippen LogP contribution in [0.5, 0.6) is 5.75 Å². The molecule has 0 saturated heterocycles. The normalized spacial score (nSPS) is 12.1. The molecular weight excluding hydrogens is 483 g/mol. The number of carbonyl (C=O) groups excluding carboxylic acids is 1. The fourth-order valence-electron chi connectivity index (χ4n) is 3.53. The summed E-state index contributed by atoms with van der Waals surface area (Å²) in [5, 5.41) is 5.75. The zero-order valence-corrected chi connectivity index (χ0v) is 22.1. The van der Waals surface area contributed by atoms with Crippen molar-refractivity contribution in [2.45, 2.75) is 58.9 Å². The van der Waals surface area contributed by atoms with Gasteiger partial charge in [-0.25, -0.2) is 9.11 Å². The molecule has 0 bridgehead atoms. The number of carbonyl (C=O) groups is 1. The molecule has 1 aromatic carbocycles. The van der Waals surface area contributed by atoms with E-state index in [1.54, 1.807) is 12.1 Å². The average molecular weight is 517 g/mol. The molecule has 0 aliphatic rings. The third-order valence-electron chi connectivity index (χ3n) is 5.30. The zero-order chi connectivity index (χ0) is 26.5. The number of nitrogens with one attached hydrogen (secondary N) is 2. The van der Waals surface area contributed by atoms with E-state index in [2.05, 4.69) is 40.7 Å². The maximum Gasteiger partial charge on any atom is 0.281 e. The van der Waals surface area contributed by atoms with Gasteiger partial charge in [-0.1, -0.05) is 34.6 Å². The molecule has 1 amide bonds. The molecule has 194 valence electrons. The molecule has 0 saturated carbocycles. The van der Waals surface area contributed by atoms with Crippen LogP contribution in [0.25, 0.3) is 11.3 Å². The highest BCUT2D eigenvalue weighted by atomic mass is 32.2. The average Bonchev–Trinajstić information content (AvgIpc) is 3.32. The Morgan fingerprint density at radius 1 is 1.17 bits per heavy atom. The van der Waals surface area contributed by atoms with Crippen LogP contribution in [0, 0.1) is 17.2 Å².